The van der Waals surface area contributed by atoms with E-state index in [2.05, 4.69) is 17.0 Å². The van der Waals surface area contributed by atoms with Crippen molar-refractivity contribution in [2.24, 2.45) is 0 Å². The Morgan fingerprint density at radius 3 is 2.96 bits per heavy atom. The molecule has 0 atom stereocenters. The van der Waals surface area contributed by atoms with Gasteiger partial charge >= 0.3 is 0 Å². The normalized spacial score (nSPS) is 12.0. The zero-order chi connectivity index (χ0) is 16.2. The summed E-state index contributed by atoms with van der Waals surface area (Å²) in [6, 6.07) is 5.62. The second kappa shape index (κ2) is 6.78. The molecule has 0 unspecified atom stereocenters. The van der Waals surface area contributed by atoms with E-state index in [-0.39, 0.29) is 5.56 Å². The van der Waals surface area contributed by atoms with Crippen LogP contribution in [0.5, 0.6) is 11.5 Å². The molecule has 0 bridgehead atoms. The largest absolute Gasteiger partial charge is 0.493 e. The summed E-state index contributed by atoms with van der Waals surface area (Å²) in [4.78, 5) is 16.8. The summed E-state index contributed by atoms with van der Waals surface area (Å²) in [5.74, 6) is 1.37. The lowest BCUT2D eigenvalue weighted by Crippen LogP contribution is -2.23. The summed E-state index contributed by atoms with van der Waals surface area (Å²) in [5, 5.41) is 3.91. The molecule has 0 aliphatic heterocycles. The summed E-state index contributed by atoms with van der Waals surface area (Å²) >= 11 is 1.31. The molecule has 120 valence electrons. The number of hydrogen-bond donors (Lipinski definition) is 0. The molecule has 0 saturated heterocycles. The highest BCUT2D eigenvalue weighted by Crippen LogP contribution is 2.28. The number of ether oxygens (including phenoxy) is 2. The highest BCUT2D eigenvalue weighted by Gasteiger charge is 2.07. The van der Waals surface area contributed by atoms with Crippen molar-refractivity contribution >= 4 is 22.4 Å². The topological polar surface area (TPSA) is 65.7 Å². The lowest BCUT2D eigenvalue weighted by Gasteiger charge is -2.10. The Labute approximate surface area is 137 Å². The van der Waals surface area contributed by atoms with Crippen LogP contribution >= 0.6 is 11.3 Å². The molecule has 0 aliphatic carbocycles. The monoisotopic (exact) mass is 331 g/mol. The van der Waals surface area contributed by atoms with Crippen LogP contribution in [0, 0.1) is 0 Å². The maximum absolute atomic E-state index is 12.2. The van der Waals surface area contributed by atoms with E-state index in [1.807, 2.05) is 24.3 Å². The number of nitrogens with zero attached hydrogens (tertiary/aromatic N) is 3. The van der Waals surface area contributed by atoms with Crippen LogP contribution in [0.2, 0.25) is 0 Å². The van der Waals surface area contributed by atoms with Crippen LogP contribution in [-0.2, 0) is 0 Å². The van der Waals surface area contributed by atoms with Crippen molar-refractivity contribution in [2.45, 2.75) is 19.8 Å². The van der Waals surface area contributed by atoms with Crippen LogP contribution in [0.3, 0.4) is 0 Å². The molecule has 3 aromatic rings. The smallest absolute Gasteiger partial charge is 0.291 e. The molecule has 2 heterocycles. The van der Waals surface area contributed by atoms with Crippen molar-refractivity contribution < 1.29 is 9.47 Å². The van der Waals surface area contributed by atoms with Gasteiger partial charge in [-0.25, -0.2) is 4.98 Å². The summed E-state index contributed by atoms with van der Waals surface area (Å²) in [6.45, 7) is 2.78. The van der Waals surface area contributed by atoms with Gasteiger partial charge in [0.05, 0.1) is 18.2 Å². The van der Waals surface area contributed by atoms with Gasteiger partial charge in [-0.1, -0.05) is 30.7 Å². The molecule has 6 nitrogen and oxygen atoms in total. The maximum atomic E-state index is 12.2. The number of rotatable bonds is 6. The molecule has 7 heteroatoms. The third-order valence-corrected chi connectivity index (χ3v) is 4.34. The van der Waals surface area contributed by atoms with Crippen molar-refractivity contribution in [1.29, 1.82) is 0 Å². The molecule has 0 saturated carbocycles. The number of thiazole rings is 1. The number of benzene rings is 1. The molecule has 0 amide bonds. The van der Waals surface area contributed by atoms with Crippen molar-refractivity contribution in [1.82, 2.24) is 14.6 Å². The average Bonchev–Trinajstić information content (AvgIpc) is 3.13. The van der Waals surface area contributed by atoms with E-state index in [0.717, 1.165) is 18.4 Å². The van der Waals surface area contributed by atoms with Crippen LogP contribution in [0.4, 0.5) is 0 Å². The Kier molecular flexibility index (Phi) is 4.57. The summed E-state index contributed by atoms with van der Waals surface area (Å²) in [6.07, 6.45) is 5.26. The third kappa shape index (κ3) is 3.19. The van der Waals surface area contributed by atoms with E-state index in [0.29, 0.717) is 27.6 Å². The molecular weight excluding hydrogens is 314 g/mol. The van der Waals surface area contributed by atoms with Gasteiger partial charge in [-0.15, -0.1) is 0 Å². The average molecular weight is 331 g/mol. The van der Waals surface area contributed by atoms with E-state index in [4.69, 9.17) is 9.47 Å². The second-order valence-corrected chi connectivity index (χ2v) is 5.99. The molecule has 0 fully saturated rings. The Hall–Kier alpha value is -2.41. The minimum absolute atomic E-state index is 0.162. The molecule has 0 aliphatic rings. The fourth-order valence-corrected chi connectivity index (χ4v) is 3.03. The number of fused-ring (bicyclic) bond motifs is 1. The highest BCUT2D eigenvalue weighted by molar-refractivity contribution is 7.15. The zero-order valence-electron chi connectivity index (χ0n) is 13.0. The molecule has 0 spiro atoms. The van der Waals surface area contributed by atoms with Gasteiger partial charge in [0.2, 0.25) is 4.96 Å². The van der Waals surface area contributed by atoms with Gasteiger partial charge in [0.1, 0.15) is 6.33 Å². The van der Waals surface area contributed by atoms with Gasteiger partial charge in [-0.3, -0.25) is 4.79 Å². The highest BCUT2D eigenvalue weighted by atomic mass is 32.1. The van der Waals surface area contributed by atoms with Gasteiger partial charge < -0.3 is 9.47 Å². The first-order valence-electron chi connectivity index (χ1n) is 7.38. The molecule has 1 aromatic carbocycles. The minimum Gasteiger partial charge on any atom is -0.493 e. The Balaban J connectivity index is 1.94. The quantitative estimate of drug-likeness (QED) is 0.645. The van der Waals surface area contributed by atoms with Crippen LogP contribution in [0.15, 0.2) is 29.3 Å². The van der Waals surface area contributed by atoms with Crippen LogP contribution < -0.4 is 19.6 Å². The van der Waals surface area contributed by atoms with E-state index in [9.17, 15) is 4.79 Å². The predicted octanol–water partition coefficient (Wildman–Crippen LogP) is 1.89. The number of methoxy groups -OCH3 is 1. The Morgan fingerprint density at radius 1 is 1.35 bits per heavy atom. The number of unbranched alkanes of at least 4 members (excludes halogenated alkanes) is 1. The zero-order valence-corrected chi connectivity index (χ0v) is 13.8. The van der Waals surface area contributed by atoms with Crippen molar-refractivity contribution in [2.75, 3.05) is 13.7 Å². The van der Waals surface area contributed by atoms with Gasteiger partial charge in [-0.05, 0) is 30.2 Å². The van der Waals surface area contributed by atoms with E-state index in [1.165, 1.54) is 22.2 Å². The van der Waals surface area contributed by atoms with Crippen molar-refractivity contribution in [3.63, 3.8) is 0 Å². The minimum atomic E-state index is -0.162. The van der Waals surface area contributed by atoms with Crippen LogP contribution in [0.1, 0.15) is 25.3 Å². The Morgan fingerprint density at radius 2 is 2.22 bits per heavy atom. The lowest BCUT2D eigenvalue weighted by atomic mass is 10.2. The lowest BCUT2D eigenvalue weighted by molar-refractivity contribution is 0.288. The van der Waals surface area contributed by atoms with Gasteiger partial charge in [0.15, 0.2) is 11.5 Å². The summed E-state index contributed by atoms with van der Waals surface area (Å²) in [5.41, 5.74) is 0.705. The van der Waals surface area contributed by atoms with E-state index < -0.39 is 0 Å². The van der Waals surface area contributed by atoms with Crippen molar-refractivity contribution in [3.05, 3.63) is 45.0 Å². The summed E-state index contributed by atoms with van der Waals surface area (Å²) < 4.78 is 13.0. The molecule has 23 heavy (non-hydrogen) atoms. The maximum Gasteiger partial charge on any atom is 0.291 e. The SMILES string of the molecule is CCCCOc1ccc(C=c2sc3ncnn3c2=O)cc1OC. The van der Waals surface area contributed by atoms with E-state index >= 15 is 0 Å². The first kappa shape index (κ1) is 15.5. The first-order chi connectivity index (χ1) is 11.2. The molecule has 0 radical (unpaired) electrons. The van der Waals surface area contributed by atoms with Crippen LogP contribution in [-0.4, -0.2) is 28.3 Å². The van der Waals surface area contributed by atoms with Gasteiger partial charge in [-0.2, -0.15) is 9.61 Å². The predicted molar refractivity (Wildman–Crippen MR) is 89.3 cm³/mol. The standard InChI is InChI=1S/C16H17N3O3S/c1-3-4-7-22-12-6-5-11(8-13(12)21-2)9-14-15(20)19-16(23-14)17-10-18-19/h5-6,8-10H,3-4,7H2,1-2H3. The fourth-order valence-electron chi connectivity index (χ4n) is 2.15. The third-order valence-electron chi connectivity index (χ3n) is 3.36. The molecule has 2 aromatic heterocycles. The second-order valence-electron chi connectivity index (χ2n) is 4.98. The van der Waals surface area contributed by atoms with Gasteiger partial charge in [0.25, 0.3) is 5.56 Å². The van der Waals surface area contributed by atoms with Gasteiger partial charge in [0, 0.05) is 0 Å². The van der Waals surface area contributed by atoms with E-state index in [1.54, 1.807) is 7.11 Å². The van der Waals surface area contributed by atoms with Crippen molar-refractivity contribution in [3.8, 4) is 11.5 Å². The number of aromatic nitrogens is 3. The molecular formula is C16H17N3O3S. The first-order valence-corrected chi connectivity index (χ1v) is 8.19. The molecule has 3 rings (SSSR count). The van der Waals surface area contributed by atoms with Crippen LogP contribution in [0.25, 0.3) is 11.0 Å². The Bertz CT molecular complexity index is 916. The molecule has 0 N–H and O–H groups in total. The fraction of sp³-hybridized carbons (Fsp3) is 0.312. The number of hydrogen-bond acceptors (Lipinski definition) is 6. The summed E-state index contributed by atoms with van der Waals surface area (Å²) in [7, 11) is 1.61.